The van der Waals surface area contributed by atoms with Crippen molar-refractivity contribution >= 4 is 11.9 Å². The predicted molar refractivity (Wildman–Crippen MR) is 49.4 cm³/mol. The zero-order valence-electron chi connectivity index (χ0n) is 7.88. The van der Waals surface area contributed by atoms with Crippen LogP contribution in [0.25, 0.3) is 0 Å². The Morgan fingerprint density at radius 1 is 1.43 bits per heavy atom. The van der Waals surface area contributed by atoms with E-state index in [4.69, 9.17) is 10.8 Å². The fourth-order valence-electron chi connectivity index (χ4n) is 1.44. The number of rotatable bonds is 4. The van der Waals surface area contributed by atoms with E-state index in [0.29, 0.717) is 0 Å². The summed E-state index contributed by atoms with van der Waals surface area (Å²) >= 11 is 0. The number of primary amides is 1. The smallest absolute Gasteiger partial charge is 0.318 e. The van der Waals surface area contributed by atoms with Crippen LogP contribution < -0.4 is 16.4 Å². The summed E-state index contributed by atoms with van der Waals surface area (Å²) in [4.78, 5) is 21.3. The molecule has 0 radical (unpaired) electrons. The molecular weight excluding hydrogens is 186 g/mol. The van der Waals surface area contributed by atoms with Gasteiger partial charge in [0, 0.05) is 5.54 Å². The number of nitrogens with one attached hydrogen (secondary N) is 2. The highest BCUT2D eigenvalue weighted by atomic mass is 16.3. The van der Waals surface area contributed by atoms with Gasteiger partial charge in [0.2, 0.25) is 5.91 Å². The lowest BCUT2D eigenvalue weighted by molar-refractivity contribution is -0.119. The van der Waals surface area contributed by atoms with Gasteiger partial charge < -0.3 is 16.2 Å². The second-order valence-electron chi connectivity index (χ2n) is 3.56. The summed E-state index contributed by atoms with van der Waals surface area (Å²) in [5.41, 5.74) is 4.44. The molecule has 1 rings (SSSR count). The van der Waals surface area contributed by atoms with Gasteiger partial charge in [-0.25, -0.2) is 4.79 Å². The molecule has 0 aromatic carbocycles. The van der Waals surface area contributed by atoms with E-state index < -0.39 is 11.9 Å². The van der Waals surface area contributed by atoms with Crippen LogP contribution in [0.5, 0.6) is 0 Å². The molecule has 0 aromatic heterocycles. The number of amides is 3. The molecule has 0 aromatic rings. The quantitative estimate of drug-likeness (QED) is 0.453. The second kappa shape index (κ2) is 4.39. The molecule has 0 bridgehead atoms. The molecule has 0 spiro atoms. The van der Waals surface area contributed by atoms with Crippen LogP contribution in [0.15, 0.2) is 0 Å². The molecule has 6 nitrogen and oxygen atoms in total. The number of aliphatic hydroxyl groups excluding tert-OH is 1. The number of carbonyl (C=O) groups is 2. The van der Waals surface area contributed by atoms with Gasteiger partial charge in [0.05, 0.1) is 13.2 Å². The van der Waals surface area contributed by atoms with Crippen LogP contribution in [0.2, 0.25) is 0 Å². The van der Waals surface area contributed by atoms with Gasteiger partial charge in [0.15, 0.2) is 0 Å². The Kier molecular flexibility index (Phi) is 3.43. The van der Waals surface area contributed by atoms with Crippen molar-refractivity contribution in [2.75, 3.05) is 13.2 Å². The molecular formula is C8H15N3O3. The highest BCUT2D eigenvalue weighted by Gasteiger charge is 2.36. The summed E-state index contributed by atoms with van der Waals surface area (Å²) in [5.74, 6) is -0.475. The van der Waals surface area contributed by atoms with Crippen molar-refractivity contribution in [3.8, 4) is 0 Å². The third kappa shape index (κ3) is 2.68. The van der Waals surface area contributed by atoms with Crippen LogP contribution in [0.4, 0.5) is 4.79 Å². The van der Waals surface area contributed by atoms with Crippen LogP contribution in [0, 0.1) is 0 Å². The van der Waals surface area contributed by atoms with E-state index in [1.807, 2.05) is 5.32 Å². The zero-order chi connectivity index (χ0) is 10.6. The van der Waals surface area contributed by atoms with Crippen LogP contribution in [0.3, 0.4) is 0 Å². The van der Waals surface area contributed by atoms with Crippen molar-refractivity contribution in [3.05, 3.63) is 0 Å². The van der Waals surface area contributed by atoms with E-state index in [-0.39, 0.29) is 18.7 Å². The third-order valence-electron chi connectivity index (χ3n) is 2.50. The van der Waals surface area contributed by atoms with Crippen molar-refractivity contribution in [2.45, 2.75) is 24.8 Å². The Morgan fingerprint density at radius 3 is 2.43 bits per heavy atom. The Bertz CT molecular complexity index is 232. The molecule has 80 valence electrons. The zero-order valence-corrected chi connectivity index (χ0v) is 7.88. The van der Waals surface area contributed by atoms with E-state index in [2.05, 4.69) is 5.32 Å². The molecule has 0 aliphatic heterocycles. The Hall–Kier alpha value is -1.14. The summed E-state index contributed by atoms with van der Waals surface area (Å²) < 4.78 is 0. The molecule has 5 N–H and O–H groups in total. The SMILES string of the molecule is NC(=O)NC(=O)CNC1(CO)CCC1. The van der Waals surface area contributed by atoms with Gasteiger partial charge in [-0.1, -0.05) is 0 Å². The van der Waals surface area contributed by atoms with Crippen molar-refractivity contribution < 1.29 is 14.7 Å². The number of carbonyl (C=O) groups excluding carboxylic acids is 2. The lowest BCUT2D eigenvalue weighted by Gasteiger charge is -2.41. The van der Waals surface area contributed by atoms with E-state index in [9.17, 15) is 9.59 Å². The molecule has 0 saturated heterocycles. The topological polar surface area (TPSA) is 104 Å². The van der Waals surface area contributed by atoms with E-state index in [1.165, 1.54) is 0 Å². The maximum atomic E-state index is 11.0. The van der Waals surface area contributed by atoms with E-state index >= 15 is 0 Å². The van der Waals surface area contributed by atoms with Gasteiger partial charge in [-0.3, -0.25) is 10.1 Å². The van der Waals surface area contributed by atoms with Crippen LogP contribution in [0.1, 0.15) is 19.3 Å². The minimum Gasteiger partial charge on any atom is -0.394 e. The molecule has 0 unspecified atom stereocenters. The molecule has 0 atom stereocenters. The van der Waals surface area contributed by atoms with Gasteiger partial charge in [0.1, 0.15) is 0 Å². The van der Waals surface area contributed by atoms with Gasteiger partial charge in [0.25, 0.3) is 0 Å². The Labute approximate surface area is 81.8 Å². The van der Waals surface area contributed by atoms with Crippen molar-refractivity contribution in [1.82, 2.24) is 10.6 Å². The molecule has 1 aliphatic rings. The molecule has 1 saturated carbocycles. The number of urea groups is 1. The number of nitrogens with two attached hydrogens (primary N) is 1. The lowest BCUT2D eigenvalue weighted by atomic mass is 9.77. The van der Waals surface area contributed by atoms with Gasteiger partial charge in [-0.2, -0.15) is 0 Å². The highest BCUT2D eigenvalue weighted by Crippen LogP contribution is 2.30. The van der Waals surface area contributed by atoms with Crippen LogP contribution >= 0.6 is 0 Å². The molecule has 6 heteroatoms. The Balaban J connectivity index is 2.25. The average molecular weight is 201 g/mol. The summed E-state index contributed by atoms with van der Waals surface area (Å²) in [6, 6.07) is -0.858. The fourth-order valence-corrected chi connectivity index (χ4v) is 1.44. The summed E-state index contributed by atoms with van der Waals surface area (Å²) in [6.45, 7) is 0.0142. The first kappa shape index (κ1) is 10.9. The van der Waals surface area contributed by atoms with Crippen LogP contribution in [-0.2, 0) is 4.79 Å². The number of imide groups is 1. The predicted octanol–water partition coefficient (Wildman–Crippen LogP) is -1.31. The highest BCUT2D eigenvalue weighted by molar-refractivity contribution is 5.94. The third-order valence-corrected chi connectivity index (χ3v) is 2.50. The minimum absolute atomic E-state index is 0.00347. The fraction of sp³-hybridized carbons (Fsp3) is 0.750. The average Bonchev–Trinajstić information content (AvgIpc) is 2.01. The number of hydrogen-bond donors (Lipinski definition) is 4. The van der Waals surface area contributed by atoms with Crippen molar-refractivity contribution in [2.24, 2.45) is 5.73 Å². The summed E-state index contributed by atoms with van der Waals surface area (Å²) in [7, 11) is 0. The van der Waals surface area contributed by atoms with E-state index in [0.717, 1.165) is 19.3 Å². The van der Waals surface area contributed by atoms with Gasteiger partial charge in [-0.05, 0) is 19.3 Å². The maximum Gasteiger partial charge on any atom is 0.318 e. The molecule has 1 fully saturated rings. The van der Waals surface area contributed by atoms with Gasteiger partial charge >= 0.3 is 6.03 Å². The Morgan fingerprint density at radius 2 is 2.07 bits per heavy atom. The first-order chi connectivity index (χ1) is 6.58. The molecule has 3 amide bonds. The number of hydrogen-bond acceptors (Lipinski definition) is 4. The minimum atomic E-state index is -0.858. The van der Waals surface area contributed by atoms with Crippen LogP contribution in [-0.4, -0.2) is 35.7 Å². The van der Waals surface area contributed by atoms with Crippen molar-refractivity contribution in [1.29, 1.82) is 0 Å². The molecule has 0 heterocycles. The standard InChI is InChI=1S/C8H15N3O3/c9-7(14)11-6(13)4-10-8(5-12)2-1-3-8/h10,12H,1-5H2,(H3,9,11,13,14). The molecule has 1 aliphatic carbocycles. The number of aliphatic hydroxyl groups is 1. The maximum absolute atomic E-state index is 11.0. The largest absolute Gasteiger partial charge is 0.394 e. The summed E-state index contributed by atoms with van der Waals surface area (Å²) in [6.07, 6.45) is 2.76. The first-order valence-corrected chi connectivity index (χ1v) is 4.53. The van der Waals surface area contributed by atoms with Crippen molar-refractivity contribution in [3.63, 3.8) is 0 Å². The lowest BCUT2D eigenvalue weighted by Crippen LogP contribution is -2.56. The molecule has 14 heavy (non-hydrogen) atoms. The first-order valence-electron chi connectivity index (χ1n) is 4.53. The summed E-state index contributed by atoms with van der Waals surface area (Å²) in [5, 5.41) is 13.9. The van der Waals surface area contributed by atoms with E-state index in [1.54, 1.807) is 0 Å². The second-order valence-corrected chi connectivity index (χ2v) is 3.56. The normalized spacial score (nSPS) is 18.4. The van der Waals surface area contributed by atoms with Gasteiger partial charge in [-0.15, -0.1) is 0 Å². The monoisotopic (exact) mass is 201 g/mol.